The third-order valence-electron chi connectivity index (χ3n) is 3.74. The molecule has 20 heavy (non-hydrogen) atoms. The first-order chi connectivity index (χ1) is 9.56. The van der Waals surface area contributed by atoms with E-state index in [1.807, 2.05) is 26.0 Å². The molecule has 1 aromatic rings. The summed E-state index contributed by atoms with van der Waals surface area (Å²) in [5.41, 5.74) is 9.51. The van der Waals surface area contributed by atoms with Crippen molar-refractivity contribution in [2.75, 3.05) is 11.1 Å². The quantitative estimate of drug-likeness (QED) is 0.539. The van der Waals surface area contributed by atoms with Gasteiger partial charge in [0.1, 0.15) is 0 Å². The van der Waals surface area contributed by atoms with Crippen molar-refractivity contribution in [3.63, 3.8) is 0 Å². The minimum Gasteiger partial charge on any atom is -0.398 e. The van der Waals surface area contributed by atoms with Crippen molar-refractivity contribution in [1.82, 2.24) is 0 Å². The smallest absolute Gasteiger partial charge is 0.224 e. The molecule has 0 aliphatic heterocycles. The molecule has 0 bridgehead atoms. The van der Waals surface area contributed by atoms with Gasteiger partial charge in [0, 0.05) is 17.8 Å². The molecule has 1 aromatic carbocycles. The van der Waals surface area contributed by atoms with Gasteiger partial charge in [0.25, 0.3) is 0 Å². The number of nitrogen functional groups attached to an aromatic ring is 1. The average Bonchev–Trinajstić information content (AvgIpc) is 2.43. The molecule has 0 fully saturated rings. The van der Waals surface area contributed by atoms with Gasteiger partial charge in [0.2, 0.25) is 5.91 Å². The van der Waals surface area contributed by atoms with E-state index in [0.29, 0.717) is 6.42 Å². The molecule has 3 N–H and O–H groups in total. The molecular formula is C17H28N2O. The molecule has 1 rings (SSSR count). The van der Waals surface area contributed by atoms with E-state index in [2.05, 4.69) is 12.2 Å². The Morgan fingerprint density at radius 1 is 1.10 bits per heavy atom. The number of unbranched alkanes of at least 4 members (excludes halogenated alkanes) is 5. The molecule has 3 nitrogen and oxygen atoms in total. The van der Waals surface area contributed by atoms with Gasteiger partial charge in [-0.25, -0.2) is 0 Å². The highest BCUT2D eigenvalue weighted by Crippen LogP contribution is 2.25. The van der Waals surface area contributed by atoms with Gasteiger partial charge < -0.3 is 11.1 Å². The Hall–Kier alpha value is -1.51. The second-order valence-electron chi connectivity index (χ2n) is 5.54. The zero-order chi connectivity index (χ0) is 15.0. The van der Waals surface area contributed by atoms with E-state index in [0.717, 1.165) is 35.3 Å². The molecule has 0 aliphatic carbocycles. The van der Waals surface area contributed by atoms with Crippen LogP contribution in [0.15, 0.2) is 12.1 Å². The van der Waals surface area contributed by atoms with Crippen molar-refractivity contribution < 1.29 is 4.79 Å². The van der Waals surface area contributed by atoms with Crippen molar-refractivity contribution in [3.8, 4) is 0 Å². The van der Waals surface area contributed by atoms with Gasteiger partial charge in [-0.1, -0.05) is 45.1 Å². The maximum Gasteiger partial charge on any atom is 0.224 e. The van der Waals surface area contributed by atoms with Gasteiger partial charge in [0.05, 0.1) is 0 Å². The molecule has 0 aliphatic rings. The largest absolute Gasteiger partial charge is 0.398 e. The lowest BCUT2D eigenvalue weighted by Crippen LogP contribution is -2.13. The van der Waals surface area contributed by atoms with Crippen LogP contribution in [0.2, 0.25) is 0 Å². The lowest BCUT2D eigenvalue weighted by atomic mass is 10.1. The van der Waals surface area contributed by atoms with Crippen LogP contribution in [0.3, 0.4) is 0 Å². The maximum absolute atomic E-state index is 12.0. The molecule has 0 aromatic heterocycles. The van der Waals surface area contributed by atoms with E-state index in [4.69, 9.17) is 5.73 Å². The van der Waals surface area contributed by atoms with Gasteiger partial charge in [-0.15, -0.1) is 0 Å². The van der Waals surface area contributed by atoms with E-state index >= 15 is 0 Å². The first kappa shape index (κ1) is 16.5. The van der Waals surface area contributed by atoms with Crippen molar-refractivity contribution in [1.29, 1.82) is 0 Å². The lowest BCUT2D eigenvalue weighted by molar-refractivity contribution is -0.116. The molecule has 112 valence electrons. The first-order valence-corrected chi connectivity index (χ1v) is 7.71. The standard InChI is InChI=1S/C17H28N2O/c1-4-5-6-7-8-9-10-16(20)19-17-13(2)11-12-15(18)14(17)3/h11-12H,4-10,18H2,1-3H3,(H,19,20). The summed E-state index contributed by atoms with van der Waals surface area (Å²) in [6.07, 6.45) is 7.78. The molecular weight excluding hydrogens is 248 g/mol. The van der Waals surface area contributed by atoms with Gasteiger partial charge in [0.15, 0.2) is 0 Å². The van der Waals surface area contributed by atoms with E-state index in [1.54, 1.807) is 0 Å². The lowest BCUT2D eigenvalue weighted by Gasteiger charge is -2.13. The predicted octanol–water partition coefficient (Wildman–Crippen LogP) is 4.57. The highest BCUT2D eigenvalue weighted by molar-refractivity contribution is 5.93. The number of rotatable bonds is 8. The number of carbonyl (C=O) groups is 1. The van der Waals surface area contributed by atoms with Crippen LogP contribution in [0.25, 0.3) is 0 Å². The number of aryl methyl sites for hydroxylation is 1. The number of nitrogens with two attached hydrogens (primary N) is 1. The number of nitrogens with one attached hydrogen (secondary N) is 1. The van der Waals surface area contributed by atoms with Gasteiger partial charge in [-0.05, 0) is 37.5 Å². The Bertz CT molecular complexity index is 441. The van der Waals surface area contributed by atoms with E-state index in [1.165, 1.54) is 25.7 Å². The summed E-state index contributed by atoms with van der Waals surface area (Å²) in [5, 5.41) is 3.00. The van der Waals surface area contributed by atoms with Gasteiger partial charge >= 0.3 is 0 Å². The third kappa shape index (κ3) is 5.24. The van der Waals surface area contributed by atoms with Crippen LogP contribution >= 0.6 is 0 Å². The highest BCUT2D eigenvalue weighted by Gasteiger charge is 2.09. The summed E-state index contributed by atoms with van der Waals surface area (Å²) in [5.74, 6) is 0.0947. The number of hydrogen-bond donors (Lipinski definition) is 2. The van der Waals surface area contributed by atoms with Crippen LogP contribution in [-0.4, -0.2) is 5.91 Å². The van der Waals surface area contributed by atoms with E-state index in [-0.39, 0.29) is 5.91 Å². The van der Waals surface area contributed by atoms with Crippen LogP contribution < -0.4 is 11.1 Å². The Balaban J connectivity index is 2.38. The van der Waals surface area contributed by atoms with Crippen LogP contribution in [0.5, 0.6) is 0 Å². The van der Waals surface area contributed by atoms with Crippen LogP contribution in [0.4, 0.5) is 11.4 Å². The molecule has 0 atom stereocenters. The molecule has 1 amide bonds. The predicted molar refractivity (Wildman–Crippen MR) is 87.0 cm³/mol. The zero-order valence-electron chi connectivity index (χ0n) is 13.1. The third-order valence-corrected chi connectivity index (χ3v) is 3.74. The normalized spacial score (nSPS) is 10.6. The Morgan fingerprint density at radius 3 is 2.45 bits per heavy atom. The number of amides is 1. The summed E-state index contributed by atoms with van der Waals surface area (Å²) in [6.45, 7) is 6.15. The van der Waals surface area contributed by atoms with Crippen LogP contribution in [0, 0.1) is 13.8 Å². The van der Waals surface area contributed by atoms with E-state index < -0.39 is 0 Å². The Kier molecular flexibility index (Phi) is 7.13. The average molecular weight is 276 g/mol. The second kappa shape index (κ2) is 8.62. The minimum atomic E-state index is 0.0947. The highest BCUT2D eigenvalue weighted by atomic mass is 16.1. The molecule has 3 heteroatoms. The van der Waals surface area contributed by atoms with Gasteiger partial charge in [-0.2, -0.15) is 0 Å². The first-order valence-electron chi connectivity index (χ1n) is 7.71. The summed E-state index contributed by atoms with van der Waals surface area (Å²) in [4.78, 5) is 12.0. The second-order valence-corrected chi connectivity index (χ2v) is 5.54. The molecule has 0 heterocycles. The number of hydrogen-bond acceptors (Lipinski definition) is 2. The van der Waals surface area contributed by atoms with Crippen molar-refractivity contribution in [2.45, 2.75) is 65.7 Å². The molecule has 0 radical (unpaired) electrons. The summed E-state index contributed by atoms with van der Waals surface area (Å²) in [7, 11) is 0. The Labute approximate surface area is 122 Å². The van der Waals surface area contributed by atoms with Crippen molar-refractivity contribution in [3.05, 3.63) is 23.3 Å². The molecule has 0 spiro atoms. The van der Waals surface area contributed by atoms with Crippen LogP contribution in [0.1, 0.15) is 63.0 Å². The fourth-order valence-corrected chi connectivity index (χ4v) is 2.32. The molecule has 0 unspecified atom stereocenters. The monoisotopic (exact) mass is 276 g/mol. The summed E-state index contributed by atoms with van der Waals surface area (Å²) < 4.78 is 0. The number of carbonyl (C=O) groups excluding carboxylic acids is 1. The maximum atomic E-state index is 12.0. The number of anilines is 2. The molecule has 0 saturated carbocycles. The summed E-state index contributed by atoms with van der Waals surface area (Å²) >= 11 is 0. The van der Waals surface area contributed by atoms with E-state index in [9.17, 15) is 4.79 Å². The zero-order valence-corrected chi connectivity index (χ0v) is 13.1. The van der Waals surface area contributed by atoms with Crippen LogP contribution in [-0.2, 0) is 4.79 Å². The van der Waals surface area contributed by atoms with Gasteiger partial charge in [-0.3, -0.25) is 4.79 Å². The minimum absolute atomic E-state index is 0.0947. The molecule has 0 saturated heterocycles. The SMILES string of the molecule is CCCCCCCCC(=O)Nc1c(C)ccc(N)c1C. The fraction of sp³-hybridized carbons (Fsp3) is 0.588. The van der Waals surface area contributed by atoms with Crippen molar-refractivity contribution in [2.24, 2.45) is 0 Å². The van der Waals surface area contributed by atoms with Crippen molar-refractivity contribution >= 4 is 17.3 Å². The fourth-order valence-electron chi connectivity index (χ4n) is 2.32. The number of benzene rings is 1. The topological polar surface area (TPSA) is 55.1 Å². The Morgan fingerprint density at radius 2 is 1.75 bits per heavy atom. The summed E-state index contributed by atoms with van der Waals surface area (Å²) in [6, 6.07) is 3.83.